The molecule has 112 valence electrons. The van der Waals surface area contributed by atoms with Crippen molar-refractivity contribution in [3.63, 3.8) is 0 Å². The molecule has 0 fully saturated rings. The van der Waals surface area contributed by atoms with Gasteiger partial charge in [-0.1, -0.05) is 62.6 Å². The number of hydrogen-bond donors (Lipinski definition) is 1. The smallest absolute Gasteiger partial charge is 0.125 e. The Morgan fingerprint density at radius 1 is 1.05 bits per heavy atom. The van der Waals surface area contributed by atoms with E-state index >= 15 is 0 Å². The van der Waals surface area contributed by atoms with Gasteiger partial charge in [-0.25, -0.2) is 4.39 Å². The summed E-state index contributed by atoms with van der Waals surface area (Å²) in [4.78, 5) is 0. The van der Waals surface area contributed by atoms with E-state index in [2.05, 4.69) is 36.5 Å². The maximum Gasteiger partial charge on any atom is 0.125 e. The monoisotopic (exact) mass is 285 g/mol. The van der Waals surface area contributed by atoms with Crippen molar-refractivity contribution in [3.8, 4) is 0 Å². The lowest BCUT2D eigenvalue weighted by Gasteiger charge is -2.22. The van der Waals surface area contributed by atoms with Gasteiger partial charge in [-0.05, 0) is 36.6 Å². The molecule has 0 saturated carbocycles. The summed E-state index contributed by atoms with van der Waals surface area (Å²) in [5.41, 5.74) is 3.23. The van der Waals surface area contributed by atoms with Crippen LogP contribution in [-0.2, 0) is 0 Å². The fourth-order valence-corrected chi connectivity index (χ4v) is 2.54. The van der Waals surface area contributed by atoms with Gasteiger partial charge in [-0.15, -0.1) is 0 Å². The van der Waals surface area contributed by atoms with Crippen molar-refractivity contribution in [2.45, 2.75) is 45.6 Å². The zero-order valence-corrected chi connectivity index (χ0v) is 12.9. The summed E-state index contributed by atoms with van der Waals surface area (Å²) in [6, 6.07) is 15.6. The van der Waals surface area contributed by atoms with Crippen LogP contribution in [0.3, 0.4) is 0 Å². The van der Waals surface area contributed by atoms with Crippen molar-refractivity contribution in [2.75, 3.05) is 5.32 Å². The number of nitrogens with one attached hydrogen (secondary N) is 1. The highest BCUT2D eigenvalue weighted by atomic mass is 19.1. The first-order chi connectivity index (χ1) is 10.2. The van der Waals surface area contributed by atoms with Gasteiger partial charge in [-0.3, -0.25) is 0 Å². The number of halogens is 1. The van der Waals surface area contributed by atoms with E-state index in [1.807, 2.05) is 19.1 Å². The summed E-state index contributed by atoms with van der Waals surface area (Å²) >= 11 is 0. The molecule has 0 bridgehead atoms. The fraction of sp³-hybridized carbons (Fsp3) is 0.368. The Morgan fingerprint density at radius 2 is 1.81 bits per heavy atom. The Bertz CT molecular complexity index is 551. The van der Waals surface area contributed by atoms with E-state index in [9.17, 15) is 4.39 Å². The number of unbranched alkanes of at least 4 members (excludes halogenated alkanes) is 2. The van der Waals surface area contributed by atoms with Crippen molar-refractivity contribution in [1.29, 1.82) is 0 Å². The van der Waals surface area contributed by atoms with Gasteiger partial charge in [-0.2, -0.15) is 0 Å². The van der Waals surface area contributed by atoms with Gasteiger partial charge in [0.1, 0.15) is 5.82 Å². The summed E-state index contributed by atoms with van der Waals surface area (Å²) in [5, 5.41) is 3.52. The maximum absolute atomic E-state index is 13.5. The number of benzene rings is 2. The topological polar surface area (TPSA) is 12.0 Å². The van der Waals surface area contributed by atoms with Crippen LogP contribution < -0.4 is 5.32 Å². The van der Waals surface area contributed by atoms with E-state index in [0.29, 0.717) is 0 Å². The molecule has 1 N–H and O–H groups in total. The molecule has 21 heavy (non-hydrogen) atoms. The molecule has 0 aliphatic rings. The van der Waals surface area contributed by atoms with Gasteiger partial charge in [0.05, 0.1) is 6.04 Å². The quantitative estimate of drug-likeness (QED) is 0.627. The third-order valence-electron chi connectivity index (χ3n) is 3.83. The normalized spacial score (nSPS) is 12.1. The van der Waals surface area contributed by atoms with Crippen LogP contribution in [-0.4, -0.2) is 0 Å². The molecule has 1 nitrogen and oxygen atoms in total. The lowest BCUT2D eigenvalue weighted by atomic mass is 9.99. The van der Waals surface area contributed by atoms with Crippen LogP contribution in [0.15, 0.2) is 48.5 Å². The van der Waals surface area contributed by atoms with E-state index in [1.165, 1.54) is 30.9 Å². The van der Waals surface area contributed by atoms with Crippen molar-refractivity contribution < 1.29 is 4.39 Å². The van der Waals surface area contributed by atoms with Crippen molar-refractivity contribution in [2.24, 2.45) is 0 Å². The molecular weight excluding hydrogens is 261 g/mol. The summed E-state index contributed by atoms with van der Waals surface area (Å²) in [5.74, 6) is -0.191. The van der Waals surface area contributed by atoms with Crippen LogP contribution in [0.2, 0.25) is 0 Å². The Morgan fingerprint density at radius 3 is 2.52 bits per heavy atom. The molecular formula is C19H24FN. The van der Waals surface area contributed by atoms with Crippen LogP contribution in [0.5, 0.6) is 0 Å². The average molecular weight is 285 g/mol. The van der Waals surface area contributed by atoms with Crippen LogP contribution >= 0.6 is 0 Å². The van der Waals surface area contributed by atoms with Gasteiger partial charge < -0.3 is 5.32 Å². The Labute approximate surface area is 127 Å². The highest BCUT2D eigenvalue weighted by Crippen LogP contribution is 2.27. The van der Waals surface area contributed by atoms with Gasteiger partial charge in [0.25, 0.3) is 0 Å². The number of hydrogen-bond acceptors (Lipinski definition) is 1. The zero-order chi connectivity index (χ0) is 15.1. The van der Waals surface area contributed by atoms with Gasteiger partial charge in [0, 0.05) is 5.69 Å². The fourth-order valence-electron chi connectivity index (χ4n) is 2.54. The Kier molecular flexibility index (Phi) is 5.79. The predicted octanol–water partition coefficient (Wildman–Crippen LogP) is 5.87. The second-order valence-corrected chi connectivity index (χ2v) is 5.56. The van der Waals surface area contributed by atoms with Gasteiger partial charge >= 0.3 is 0 Å². The van der Waals surface area contributed by atoms with Crippen LogP contribution in [0.1, 0.15) is 49.8 Å². The second-order valence-electron chi connectivity index (χ2n) is 5.56. The lowest BCUT2D eigenvalue weighted by molar-refractivity contribution is 0.603. The molecule has 2 heteroatoms. The average Bonchev–Trinajstić information content (AvgIpc) is 2.51. The summed E-state index contributed by atoms with van der Waals surface area (Å²) in [6.07, 6.45) is 4.68. The molecule has 2 rings (SSSR count). The molecule has 0 heterocycles. The number of aryl methyl sites for hydroxylation is 1. The molecule has 2 aromatic rings. The van der Waals surface area contributed by atoms with Crippen molar-refractivity contribution >= 4 is 5.69 Å². The third kappa shape index (κ3) is 4.59. The predicted molar refractivity (Wildman–Crippen MR) is 88.1 cm³/mol. The maximum atomic E-state index is 13.5. The summed E-state index contributed by atoms with van der Waals surface area (Å²) < 4.78 is 13.5. The molecule has 0 saturated heterocycles. The van der Waals surface area contributed by atoms with E-state index in [-0.39, 0.29) is 11.9 Å². The minimum Gasteiger partial charge on any atom is -0.378 e. The number of anilines is 1. The van der Waals surface area contributed by atoms with Crippen LogP contribution in [0.4, 0.5) is 10.1 Å². The zero-order valence-electron chi connectivity index (χ0n) is 12.9. The van der Waals surface area contributed by atoms with Gasteiger partial charge in [0.2, 0.25) is 0 Å². The first-order valence-electron chi connectivity index (χ1n) is 7.78. The van der Waals surface area contributed by atoms with E-state index in [0.717, 1.165) is 17.7 Å². The Hall–Kier alpha value is -1.83. The molecule has 0 aliphatic heterocycles. The highest BCUT2D eigenvalue weighted by molar-refractivity contribution is 5.52. The standard InChI is InChI=1S/C19H24FN/c1-3-4-6-11-18(16-9-7-5-8-10-16)21-19-14-17(20)13-12-15(19)2/h5,7-10,12-14,18,21H,3-4,6,11H2,1-2H3. The minimum absolute atomic E-state index is 0.191. The first-order valence-corrected chi connectivity index (χ1v) is 7.78. The second kappa shape index (κ2) is 7.82. The molecule has 1 unspecified atom stereocenters. The molecule has 0 radical (unpaired) electrons. The van der Waals surface area contributed by atoms with E-state index in [4.69, 9.17) is 0 Å². The first kappa shape index (κ1) is 15.6. The van der Waals surface area contributed by atoms with Crippen molar-refractivity contribution in [3.05, 3.63) is 65.5 Å². The summed E-state index contributed by atoms with van der Waals surface area (Å²) in [6.45, 7) is 4.22. The van der Waals surface area contributed by atoms with Crippen LogP contribution in [0, 0.1) is 12.7 Å². The largest absolute Gasteiger partial charge is 0.378 e. The molecule has 0 aliphatic carbocycles. The lowest BCUT2D eigenvalue weighted by Crippen LogP contribution is -2.12. The molecule has 1 atom stereocenters. The van der Waals surface area contributed by atoms with Gasteiger partial charge in [0.15, 0.2) is 0 Å². The SMILES string of the molecule is CCCCCC(Nc1cc(F)ccc1C)c1ccccc1. The molecule has 2 aromatic carbocycles. The number of rotatable bonds is 7. The van der Waals surface area contributed by atoms with Crippen molar-refractivity contribution in [1.82, 2.24) is 0 Å². The van der Waals surface area contributed by atoms with E-state index < -0.39 is 0 Å². The van der Waals surface area contributed by atoms with E-state index in [1.54, 1.807) is 6.07 Å². The third-order valence-corrected chi connectivity index (χ3v) is 3.83. The summed E-state index contributed by atoms with van der Waals surface area (Å²) in [7, 11) is 0. The Balaban J connectivity index is 2.17. The highest BCUT2D eigenvalue weighted by Gasteiger charge is 2.12. The molecule has 0 amide bonds. The van der Waals surface area contributed by atoms with Crippen LogP contribution in [0.25, 0.3) is 0 Å². The molecule has 0 aromatic heterocycles. The molecule has 0 spiro atoms. The minimum atomic E-state index is -0.191.